The van der Waals surface area contributed by atoms with Crippen LogP contribution in [-0.2, 0) is 0 Å². The largest absolute Gasteiger partial charge is 0.364 e. The first kappa shape index (κ1) is 17.6. The number of aryl methyl sites for hydroxylation is 1. The van der Waals surface area contributed by atoms with Gasteiger partial charge in [0.05, 0.1) is 0 Å². The summed E-state index contributed by atoms with van der Waals surface area (Å²) in [7, 11) is 0. The Morgan fingerprint density at radius 2 is 1.88 bits per heavy atom. The van der Waals surface area contributed by atoms with E-state index < -0.39 is 17.6 Å². The molecule has 0 radical (unpaired) electrons. The average molecular weight is 370 g/mol. The highest BCUT2D eigenvalue weighted by molar-refractivity contribution is 7.20. The van der Waals surface area contributed by atoms with Crippen LogP contribution in [0.1, 0.15) is 26.4 Å². The maximum atomic E-state index is 13.7. The normalized spacial score (nSPS) is 10.4. The number of hydrogen-bond donors (Lipinski definition) is 3. The van der Waals surface area contributed by atoms with Crippen LogP contribution in [0.5, 0.6) is 0 Å². The first-order chi connectivity index (χ1) is 12.4. The summed E-state index contributed by atoms with van der Waals surface area (Å²) in [5.74, 6) is -1.81. The van der Waals surface area contributed by atoms with Crippen LogP contribution in [0.25, 0.3) is 0 Å². The molecular formula is C18H15FN4O2S. The zero-order chi connectivity index (χ0) is 18.7. The Bertz CT molecular complexity index is 973. The third-order valence-electron chi connectivity index (χ3n) is 3.55. The number of carbonyl (C=O) groups excluding carboxylic acids is 2. The monoisotopic (exact) mass is 370 g/mol. The molecule has 8 heteroatoms. The van der Waals surface area contributed by atoms with Gasteiger partial charge in [-0.1, -0.05) is 35.6 Å². The quantitative estimate of drug-likeness (QED) is 0.638. The van der Waals surface area contributed by atoms with Crippen LogP contribution < -0.4 is 16.4 Å². The first-order valence-corrected chi connectivity index (χ1v) is 8.46. The topological polar surface area (TPSA) is 97.1 Å². The van der Waals surface area contributed by atoms with Crippen molar-refractivity contribution in [2.75, 3.05) is 10.6 Å². The molecule has 3 rings (SSSR count). The van der Waals surface area contributed by atoms with Crippen molar-refractivity contribution in [2.45, 2.75) is 6.92 Å². The van der Waals surface area contributed by atoms with Crippen molar-refractivity contribution in [3.63, 3.8) is 0 Å². The van der Waals surface area contributed by atoms with Gasteiger partial charge in [0.15, 0.2) is 10.8 Å². The second kappa shape index (κ2) is 7.32. The molecule has 2 amide bonds. The number of para-hydroxylation sites is 1. The summed E-state index contributed by atoms with van der Waals surface area (Å²) in [6.45, 7) is 1.60. The van der Waals surface area contributed by atoms with Crippen molar-refractivity contribution < 1.29 is 14.0 Å². The third-order valence-corrected chi connectivity index (χ3v) is 4.43. The lowest BCUT2D eigenvalue weighted by molar-refractivity contribution is 0.0997. The van der Waals surface area contributed by atoms with Crippen LogP contribution >= 0.6 is 11.3 Å². The Balaban J connectivity index is 1.85. The lowest BCUT2D eigenvalue weighted by Crippen LogP contribution is -2.17. The lowest BCUT2D eigenvalue weighted by atomic mass is 10.1. The van der Waals surface area contributed by atoms with Gasteiger partial charge in [0.2, 0.25) is 0 Å². The summed E-state index contributed by atoms with van der Waals surface area (Å²) in [6.07, 6.45) is 0. The number of carbonyl (C=O) groups is 2. The van der Waals surface area contributed by atoms with Crippen LogP contribution in [0, 0.1) is 12.7 Å². The average Bonchev–Trinajstić information content (AvgIpc) is 3.00. The van der Waals surface area contributed by atoms with E-state index in [9.17, 15) is 14.0 Å². The van der Waals surface area contributed by atoms with E-state index in [0.29, 0.717) is 10.7 Å². The number of halogens is 1. The number of benzene rings is 2. The molecule has 0 aliphatic rings. The number of nitrogens with zero attached hydrogens (tertiary/aromatic N) is 1. The number of rotatable bonds is 5. The van der Waals surface area contributed by atoms with E-state index >= 15 is 0 Å². The van der Waals surface area contributed by atoms with Gasteiger partial charge in [0.1, 0.15) is 10.8 Å². The third kappa shape index (κ3) is 3.86. The molecule has 0 atom stereocenters. The number of aromatic nitrogens is 1. The van der Waals surface area contributed by atoms with Crippen LogP contribution in [0.2, 0.25) is 0 Å². The summed E-state index contributed by atoms with van der Waals surface area (Å²) in [5, 5.41) is 6.20. The molecule has 132 valence electrons. The molecule has 0 spiro atoms. The van der Waals surface area contributed by atoms with Gasteiger partial charge < -0.3 is 16.4 Å². The van der Waals surface area contributed by atoms with E-state index in [0.717, 1.165) is 23.1 Å². The van der Waals surface area contributed by atoms with Crippen LogP contribution in [0.4, 0.5) is 20.2 Å². The molecule has 26 heavy (non-hydrogen) atoms. The number of primary amides is 1. The SMILES string of the molecule is Cc1ccc(C(=O)Nc2sc(Nc3ccccc3)nc2C(N)=O)cc1F. The molecule has 6 nitrogen and oxygen atoms in total. The highest BCUT2D eigenvalue weighted by Gasteiger charge is 2.19. The van der Waals surface area contributed by atoms with Gasteiger partial charge in [-0.3, -0.25) is 9.59 Å². The highest BCUT2D eigenvalue weighted by Crippen LogP contribution is 2.31. The second-order valence-electron chi connectivity index (χ2n) is 5.47. The fourth-order valence-corrected chi connectivity index (χ4v) is 3.07. The molecule has 0 saturated carbocycles. The molecule has 1 heterocycles. The van der Waals surface area contributed by atoms with Crippen molar-refractivity contribution >= 4 is 39.0 Å². The van der Waals surface area contributed by atoms with E-state index in [4.69, 9.17) is 5.73 Å². The minimum Gasteiger partial charge on any atom is -0.364 e. The molecule has 0 bridgehead atoms. The zero-order valence-electron chi connectivity index (χ0n) is 13.7. The number of hydrogen-bond acceptors (Lipinski definition) is 5. The van der Waals surface area contributed by atoms with Gasteiger partial charge in [0.25, 0.3) is 11.8 Å². The Labute approximate surface area is 152 Å². The summed E-state index contributed by atoms with van der Waals surface area (Å²) in [5.41, 5.74) is 6.63. The number of anilines is 3. The highest BCUT2D eigenvalue weighted by atomic mass is 32.1. The molecule has 1 aromatic heterocycles. The maximum Gasteiger partial charge on any atom is 0.270 e. The van der Waals surface area contributed by atoms with Gasteiger partial charge in [-0.15, -0.1) is 0 Å². The fraction of sp³-hybridized carbons (Fsp3) is 0.0556. The Morgan fingerprint density at radius 3 is 2.54 bits per heavy atom. The predicted octanol–water partition coefficient (Wildman–Crippen LogP) is 3.69. The van der Waals surface area contributed by atoms with Crippen molar-refractivity contribution in [1.82, 2.24) is 4.98 Å². The molecule has 0 aliphatic carbocycles. The molecule has 2 aromatic carbocycles. The molecular weight excluding hydrogens is 355 g/mol. The Kier molecular flexibility index (Phi) is 4.94. The summed E-state index contributed by atoms with van der Waals surface area (Å²) in [6, 6.07) is 13.4. The number of nitrogens with two attached hydrogens (primary N) is 1. The molecule has 3 aromatic rings. The Morgan fingerprint density at radius 1 is 1.15 bits per heavy atom. The van der Waals surface area contributed by atoms with Gasteiger partial charge in [0, 0.05) is 11.3 Å². The fourth-order valence-electron chi connectivity index (χ4n) is 2.18. The van der Waals surface area contributed by atoms with Crippen LogP contribution in [-0.4, -0.2) is 16.8 Å². The number of amides is 2. The van der Waals surface area contributed by atoms with Crippen LogP contribution in [0.3, 0.4) is 0 Å². The maximum absolute atomic E-state index is 13.7. The molecule has 0 aliphatic heterocycles. The lowest BCUT2D eigenvalue weighted by Gasteiger charge is -2.05. The summed E-state index contributed by atoms with van der Waals surface area (Å²) < 4.78 is 13.7. The molecule has 0 fully saturated rings. The summed E-state index contributed by atoms with van der Waals surface area (Å²) >= 11 is 1.06. The van der Waals surface area contributed by atoms with Crippen molar-refractivity contribution in [1.29, 1.82) is 0 Å². The van der Waals surface area contributed by atoms with E-state index in [2.05, 4.69) is 15.6 Å². The van der Waals surface area contributed by atoms with E-state index in [1.165, 1.54) is 12.1 Å². The standard InChI is InChI=1S/C18H15FN4O2S/c1-10-7-8-11(9-13(10)19)16(25)23-17-14(15(20)24)22-18(26-17)21-12-5-3-2-4-6-12/h2-9H,1H3,(H2,20,24)(H,21,22)(H,23,25). The van der Waals surface area contributed by atoms with Gasteiger partial charge in [-0.2, -0.15) is 0 Å². The van der Waals surface area contributed by atoms with Crippen LogP contribution in [0.15, 0.2) is 48.5 Å². The van der Waals surface area contributed by atoms with Gasteiger partial charge in [-0.05, 0) is 36.8 Å². The van der Waals surface area contributed by atoms with Gasteiger partial charge in [-0.25, -0.2) is 9.37 Å². The number of nitrogens with one attached hydrogen (secondary N) is 2. The minimum absolute atomic E-state index is 0.0608. The van der Waals surface area contributed by atoms with E-state index in [1.54, 1.807) is 6.92 Å². The smallest absolute Gasteiger partial charge is 0.270 e. The van der Waals surface area contributed by atoms with Crippen molar-refractivity contribution in [2.24, 2.45) is 5.73 Å². The van der Waals surface area contributed by atoms with E-state index in [1.807, 2.05) is 30.3 Å². The zero-order valence-corrected chi connectivity index (χ0v) is 14.6. The first-order valence-electron chi connectivity index (χ1n) is 7.64. The number of thiazole rings is 1. The predicted molar refractivity (Wildman–Crippen MR) is 99.4 cm³/mol. The summed E-state index contributed by atoms with van der Waals surface area (Å²) in [4.78, 5) is 28.1. The van der Waals surface area contributed by atoms with Crippen molar-refractivity contribution in [3.8, 4) is 0 Å². The Hall–Kier alpha value is -3.26. The second-order valence-corrected chi connectivity index (χ2v) is 6.47. The molecule has 0 saturated heterocycles. The minimum atomic E-state index is -0.771. The van der Waals surface area contributed by atoms with Crippen molar-refractivity contribution in [3.05, 3.63) is 71.2 Å². The molecule has 0 unspecified atom stereocenters. The van der Waals surface area contributed by atoms with Gasteiger partial charge >= 0.3 is 0 Å². The van der Waals surface area contributed by atoms with E-state index in [-0.39, 0.29) is 16.3 Å². The molecule has 4 N–H and O–H groups in total.